The van der Waals surface area contributed by atoms with Crippen LogP contribution in [0.15, 0.2) is 6.20 Å². The van der Waals surface area contributed by atoms with Crippen molar-refractivity contribution in [3.05, 3.63) is 21.9 Å². The van der Waals surface area contributed by atoms with Crippen molar-refractivity contribution in [3.63, 3.8) is 0 Å². The highest BCUT2D eigenvalue weighted by Crippen LogP contribution is 2.18. The molecule has 0 amide bonds. The third-order valence-corrected chi connectivity index (χ3v) is 1.52. The molecule has 13 heavy (non-hydrogen) atoms. The molecule has 0 fully saturated rings. The second-order valence-corrected chi connectivity index (χ2v) is 3.67. The van der Waals surface area contributed by atoms with Crippen LogP contribution in [0.3, 0.4) is 0 Å². The molecule has 1 heterocycles. The topological polar surface area (TPSA) is 97.8 Å². The Balaban J connectivity index is 2.89. The van der Waals surface area contributed by atoms with Crippen LogP contribution in [0.25, 0.3) is 0 Å². The van der Waals surface area contributed by atoms with E-state index >= 15 is 0 Å². The minimum atomic E-state index is -0.492. The van der Waals surface area contributed by atoms with E-state index in [1.54, 1.807) is 0 Å². The van der Waals surface area contributed by atoms with Crippen LogP contribution in [-0.4, -0.2) is 20.7 Å². The number of aromatic amines is 1. The standard InChI is InChI=1S/C7H12N4O2/c1-7(2,8)3-5-4-9-10-6(5)11(12)13/h4H,3,8H2,1-2H3,(H,9,10). The van der Waals surface area contributed by atoms with Crippen LogP contribution in [0.4, 0.5) is 5.82 Å². The van der Waals surface area contributed by atoms with Crippen LogP contribution >= 0.6 is 0 Å². The van der Waals surface area contributed by atoms with Crippen LogP contribution in [0.1, 0.15) is 19.4 Å². The molecule has 1 aromatic heterocycles. The fourth-order valence-corrected chi connectivity index (χ4v) is 1.08. The molecule has 1 rings (SSSR count). The maximum Gasteiger partial charge on any atom is 0.345 e. The van der Waals surface area contributed by atoms with Gasteiger partial charge < -0.3 is 15.8 Å². The Morgan fingerprint density at radius 1 is 1.77 bits per heavy atom. The Morgan fingerprint density at radius 3 is 2.85 bits per heavy atom. The monoisotopic (exact) mass is 184 g/mol. The zero-order valence-corrected chi connectivity index (χ0v) is 7.57. The van der Waals surface area contributed by atoms with E-state index in [0.29, 0.717) is 12.0 Å². The predicted molar refractivity (Wildman–Crippen MR) is 47.2 cm³/mol. The van der Waals surface area contributed by atoms with Crippen molar-refractivity contribution >= 4 is 5.82 Å². The first kappa shape index (κ1) is 9.66. The van der Waals surface area contributed by atoms with E-state index in [1.165, 1.54) is 6.20 Å². The molecule has 1 aromatic rings. The molecule has 0 saturated carbocycles. The quantitative estimate of drug-likeness (QED) is 0.530. The molecule has 0 unspecified atom stereocenters. The van der Waals surface area contributed by atoms with Crippen LogP contribution in [0.2, 0.25) is 0 Å². The van der Waals surface area contributed by atoms with Gasteiger partial charge >= 0.3 is 5.82 Å². The number of aromatic nitrogens is 2. The number of hydrogen-bond donors (Lipinski definition) is 2. The maximum atomic E-state index is 10.5. The SMILES string of the molecule is CC(C)(N)Cc1cn[nH]c1[N+](=O)[O-]. The van der Waals surface area contributed by atoms with Gasteiger partial charge in [-0.15, -0.1) is 5.10 Å². The smallest absolute Gasteiger partial charge is 0.345 e. The molecule has 0 aliphatic carbocycles. The van der Waals surface area contributed by atoms with Crippen molar-refractivity contribution in [2.24, 2.45) is 5.73 Å². The average Bonchev–Trinajstić information content (AvgIpc) is 2.31. The number of rotatable bonds is 3. The third-order valence-electron chi connectivity index (χ3n) is 1.52. The van der Waals surface area contributed by atoms with Crippen molar-refractivity contribution < 1.29 is 4.92 Å². The summed E-state index contributed by atoms with van der Waals surface area (Å²) in [5.74, 6) is -0.0708. The van der Waals surface area contributed by atoms with Gasteiger partial charge in [-0.3, -0.25) is 0 Å². The normalized spacial score (nSPS) is 11.6. The zero-order valence-electron chi connectivity index (χ0n) is 7.57. The molecule has 0 saturated heterocycles. The lowest BCUT2D eigenvalue weighted by Gasteiger charge is -2.16. The highest BCUT2D eigenvalue weighted by atomic mass is 16.6. The molecule has 6 nitrogen and oxygen atoms in total. The van der Waals surface area contributed by atoms with Crippen LogP contribution < -0.4 is 5.73 Å². The fourth-order valence-electron chi connectivity index (χ4n) is 1.08. The van der Waals surface area contributed by atoms with Crippen molar-refractivity contribution in [1.29, 1.82) is 0 Å². The molecule has 0 radical (unpaired) electrons. The summed E-state index contributed by atoms with van der Waals surface area (Å²) in [5, 5.41) is 16.4. The fraction of sp³-hybridized carbons (Fsp3) is 0.571. The molecule has 6 heteroatoms. The molecule has 0 aliphatic heterocycles. The van der Waals surface area contributed by atoms with Crippen LogP contribution in [-0.2, 0) is 6.42 Å². The van der Waals surface area contributed by atoms with Gasteiger partial charge in [-0.1, -0.05) is 5.10 Å². The van der Waals surface area contributed by atoms with Gasteiger partial charge in [-0.25, -0.2) is 0 Å². The van der Waals surface area contributed by atoms with Gasteiger partial charge in [0.15, 0.2) is 0 Å². The van der Waals surface area contributed by atoms with Gasteiger partial charge in [0.1, 0.15) is 0 Å². The summed E-state index contributed by atoms with van der Waals surface area (Å²) < 4.78 is 0. The molecular formula is C7H12N4O2. The van der Waals surface area contributed by atoms with Crippen molar-refractivity contribution in [2.45, 2.75) is 25.8 Å². The lowest BCUT2D eigenvalue weighted by molar-refractivity contribution is -0.390. The van der Waals surface area contributed by atoms with Gasteiger partial charge in [0.05, 0.1) is 11.8 Å². The molecule has 72 valence electrons. The van der Waals surface area contributed by atoms with Crippen LogP contribution in [0.5, 0.6) is 0 Å². The summed E-state index contributed by atoms with van der Waals surface area (Å²) in [5.41, 5.74) is 5.81. The summed E-state index contributed by atoms with van der Waals surface area (Å²) in [7, 11) is 0. The second kappa shape index (κ2) is 3.14. The van der Waals surface area contributed by atoms with E-state index in [-0.39, 0.29) is 5.82 Å². The minimum absolute atomic E-state index is 0.0708. The summed E-state index contributed by atoms with van der Waals surface area (Å²) in [6, 6.07) is 0. The minimum Gasteiger partial charge on any atom is -0.358 e. The Bertz CT molecular complexity index is 313. The first-order valence-corrected chi connectivity index (χ1v) is 3.86. The molecule has 3 N–H and O–H groups in total. The van der Waals surface area contributed by atoms with E-state index < -0.39 is 10.5 Å². The highest BCUT2D eigenvalue weighted by Gasteiger charge is 2.21. The van der Waals surface area contributed by atoms with Crippen molar-refractivity contribution in [2.75, 3.05) is 0 Å². The molecular weight excluding hydrogens is 172 g/mol. The Kier molecular flexibility index (Phi) is 2.33. The number of hydrogen-bond acceptors (Lipinski definition) is 4. The lowest BCUT2D eigenvalue weighted by Crippen LogP contribution is -2.34. The first-order chi connectivity index (χ1) is 5.90. The number of nitrogens with two attached hydrogens (primary N) is 1. The third kappa shape index (κ3) is 2.51. The summed E-state index contributed by atoms with van der Waals surface area (Å²) in [4.78, 5) is 9.97. The average molecular weight is 184 g/mol. The maximum absolute atomic E-state index is 10.5. The van der Waals surface area contributed by atoms with E-state index in [9.17, 15) is 10.1 Å². The molecule has 0 spiro atoms. The number of nitrogens with one attached hydrogen (secondary N) is 1. The van der Waals surface area contributed by atoms with Gasteiger partial charge in [0.25, 0.3) is 0 Å². The summed E-state index contributed by atoms with van der Waals surface area (Å²) >= 11 is 0. The zero-order chi connectivity index (χ0) is 10.1. The van der Waals surface area contributed by atoms with Crippen LogP contribution in [0, 0.1) is 10.1 Å². The predicted octanol–water partition coefficient (Wildman–Crippen LogP) is 0.598. The lowest BCUT2D eigenvalue weighted by atomic mass is 9.98. The molecule has 0 atom stereocenters. The van der Waals surface area contributed by atoms with Gasteiger partial charge in [0.2, 0.25) is 0 Å². The van der Waals surface area contributed by atoms with Gasteiger partial charge in [-0.2, -0.15) is 0 Å². The van der Waals surface area contributed by atoms with Gasteiger partial charge in [0, 0.05) is 5.54 Å². The van der Waals surface area contributed by atoms with Crippen molar-refractivity contribution in [3.8, 4) is 0 Å². The molecule has 0 aromatic carbocycles. The van der Waals surface area contributed by atoms with Crippen molar-refractivity contribution in [1.82, 2.24) is 10.2 Å². The largest absolute Gasteiger partial charge is 0.358 e. The van der Waals surface area contributed by atoms with E-state index in [0.717, 1.165) is 0 Å². The second-order valence-electron chi connectivity index (χ2n) is 3.67. The van der Waals surface area contributed by atoms with Gasteiger partial charge in [-0.05, 0) is 25.2 Å². The number of H-pyrrole nitrogens is 1. The first-order valence-electron chi connectivity index (χ1n) is 3.86. The highest BCUT2D eigenvalue weighted by molar-refractivity contribution is 5.30. The summed E-state index contributed by atoms with van der Waals surface area (Å²) in [6.07, 6.45) is 1.87. The van der Waals surface area contributed by atoms with E-state index in [1.807, 2.05) is 13.8 Å². The van der Waals surface area contributed by atoms with E-state index in [4.69, 9.17) is 5.73 Å². The summed E-state index contributed by atoms with van der Waals surface area (Å²) in [6.45, 7) is 3.62. The Morgan fingerprint density at radius 2 is 2.38 bits per heavy atom. The Labute approximate surface area is 75.3 Å². The Hall–Kier alpha value is -1.43. The van der Waals surface area contributed by atoms with E-state index in [2.05, 4.69) is 10.2 Å². The molecule has 0 aliphatic rings. The molecule has 0 bridgehead atoms. The number of nitro groups is 1. The number of nitrogens with zero attached hydrogens (tertiary/aromatic N) is 2.